The zero-order valence-electron chi connectivity index (χ0n) is 7.58. The van der Waals surface area contributed by atoms with Crippen LogP contribution in [0.4, 0.5) is 0 Å². The van der Waals surface area contributed by atoms with Gasteiger partial charge in [0.2, 0.25) is 0 Å². The van der Waals surface area contributed by atoms with E-state index in [0.717, 1.165) is 6.42 Å². The summed E-state index contributed by atoms with van der Waals surface area (Å²) in [6, 6.07) is 8.49. The Bertz CT molecular complexity index is 263. The summed E-state index contributed by atoms with van der Waals surface area (Å²) >= 11 is 0. The van der Waals surface area contributed by atoms with Crippen molar-refractivity contribution in [1.29, 1.82) is 0 Å². The molecule has 0 unspecified atom stereocenters. The molecule has 0 atom stereocenters. The first-order valence-electron chi connectivity index (χ1n) is 4.03. The molecule has 1 aromatic rings. The van der Waals surface area contributed by atoms with E-state index >= 15 is 0 Å². The molecule has 12 heavy (non-hydrogen) atoms. The molecule has 0 radical (unpaired) electrons. The summed E-state index contributed by atoms with van der Waals surface area (Å²) < 4.78 is 4.25. The second-order valence-corrected chi connectivity index (χ2v) is 2.71. The van der Waals surface area contributed by atoms with E-state index in [1.54, 1.807) is 14.2 Å². The van der Waals surface area contributed by atoms with Gasteiger partial charge in [-0.3, -0.25) is 0 Å². The number of benzene rings is 1. The number of allylic oxidation sites excluding steroid dienone is 1. The maximum Gasteiger partial charge on any atom is 0.0351 e. The van der Waals surface area contributed by atoms with E-state index in [4.69, 9.17) is 0 Å². The van der Waals surface area contributed by atoms with Gasteiger partial charge in [0, 0.05) is 14.2 Å². The summed E-state index contributed by atoms with van der Waals surface area (Å²) in [6.07, 6.45) is 5.50. The van der Waals surface area contributed by atoms with Gasteiger partial charge in [0.25, 0.3) is 0 Å². The average Bonchev–Trinajstić information content (AvgIpc) is 2.52. The summed E-state index contributed by atoms with van der Waals surface area (Å²) in [5.74, 6) is 0. The summed E-state index contributed by atoms with van der Waals surface area (Å²) in [4.78, 5) is 0. The Labute approximate surface area is 73.7 Å². The molecule has 0 N–H and O–H groups in total. The molecule has 0 amide bonds. The van der Waals surface area contributed by atoms with Crippen molar-refractivity contribution in [3.63, 3.8) is 0 Å². The minimum absolute atomic E-state index is 1.12. The number of methoxy groups -OCH3 is 1. The van der Waals surface area contributed by atoms with Crippen molar-refractivity contribution < 1.29 is 4.74 Å². The molecule has 0 saturated heterocycles. The van der Waals surface area contributed by atoms with E-state index < -0.39 is 0 Å². The topological polar surface area (TPSA) is 9.23 Å². The summed E-state index contributed by atoms with van der Waals surface area (Å²) in [6.45, 7) is 0. The summed E-state index contributed by atoms with van der Waals surface area (Å²) in [5, 5.41) is 0. The third kappa shape index (κ3) is 2.21. The van der Waals surface area contributed by atoms with E-state index in [9.17, 15) is 0 Å². The lowest BCUT2D eigenvalue weighted by atomic mass is 10.1. The highest BCUT2D eigenvalue weighted by Gasteiger charge is 2.00. The van der Waals surface area contributed by atoms with Crippen LogP contribution in [0.15, 0.2) is 30.3 Å². The summed E-state index contributed by atoms with van der Waals surface area (Å²) in [5.41, 5.74) is 2.84. The number of hydrogen-bond donors (Lipinski definition) is 0. The second kappa shape index (κ2) is 4.73. The van der Waals surface area contributed by atoms with Crippen LogP contribution >= 0.6 is 0 Å². The van der Waals surface area contributed by atoms with Gasteiger partial charge in [-0.15, -0.1) is 0 Å². The Kier molecular flexibility index (Phi) is 3.55. The van der Waals surface area contributed by atoms with Crippen LogP contribution in [0.5, 0.6) is 0 Å². The first kappa shape index (κ1) is 9.01. The smallest absolute Gasteiger partial charge is 0.0351 e. The lowest BCUT2D eigenvalue weighted by Crippen LogP contribution is -1.76. The quantitative estimate of drug-likeness (QED) is 0.569. The van der Waals surface area contributed by atoms with Crippen LogP contribution < -0.4 is 0 Å². The third-order valence-electron chi connectivity index (χ3n) is 1.69. The minimum Gasteiger partial charge on any atom is -0.388 e. The fraction of sp³-hybridized carbons (Fsp3) is 0.273. The van der Waals surface area contributed by atoms with Crippen molar-refractivity contribution in [2.24, 2.45) is 0 Å². The van der Waals surface area contributed by atoms with Crippen LogP contribution in [0.1, 0.15) is 11.1 Å². The summed E-state index contributed by atoms with van der Waals surface area (Å²) in [7, 11) is 3.25. The van der Waals surface area contributed by atoms with Crippen LogP contribution in [-0.2, 0) is 11.2 Å². The highest BCUT2D eigenvalue weighted by molar-refractivity contribution is 5.59. The molecule has 0 heterocycles. The molecule has 0 spiro atoms. The van der Waals surface area contributed by atoms with Crippen molar-refractivity contribution in [2.75, 3.05) is 14.2 Å². The van der Waals surface area contributed by atoms with Crippen LogP contribution in [0.2, 0.25) is 0 Å². The zero-order valence-corrected chi connectivity index (χ0v) is 7.58. The second-order valence-electron chi connectivity index (χ2n) is 2.71. The lowest BCUT2D eigenvalue weighted by molar-refractivity contribution is 0.277. The van der Waals surface area contributed by atoms with Gasteiger partial charge in [-0.2, -0.15) is 0 Å². The first-order valence-corrected chi connectivity index (χ1v) is 4.03. The van der Waals surface area contributed by atoms with Crippen LogP contribution in [0, 0.1) is 0 Å². The van der Waals surface area contributed by atoms with Crippen molar-refractivity contribution in [3.05, 3.63) is 41.5 Å². The molecule has 0 bridgehead atoms. The van der Waals surface area contributed by atoms with E-state index in [0.29, 0.717) is 0 Å². The normalized spacial score (nSPS) is 11.8. The van der Waals surface area contributed by atoms with Gasteiger partial charge in [-0.25, -0.2) is 0 Å². The first-order chi connectivity index (χ1) is 5.88. The molecule has 1 heteroatoms. The zero-order chi connectivity index (χ0) is 8.81. The standard InChI is InChI=1S/C9H8.C2H6O/c1-2-5-9-7-3-6-8(9)4-1;1-3-2/h1-6H,7H2;1-2H3. The van der Waals surface area contributed by atoms with Crippen LogP contribution in [0.3, 0.4) is 0 Å². The number of ether oxygens (including phenoxy) is 1. The molecule has 2 rings (SSSR count). The Hall–Kier alpha value is -1.08. The highest BCUT2D eigenvalue weighted by Crippen LogP contribution is 2.17. The molecular formula is C11H14O. The molecule has 1 aromatic carbocycles. The number of rotatable bonds is 0. The van der Waals surface area contributed by atoms with Crippen molar-refractivity contribution in [2.45, 2.75) is 6.42 Å². The Morgan fingerprint density at radius 1 is 1.17 bits per heavy atom. The Morgan fingerprint density at radius 2 is 1.83 bits per heavy atom. The minimum atomic E-state index is 1.12. The molecule has 1 nitrogen and oxygen atoms in total. The number of fused-ring (bicyclic) bond motifs is 1. The average molecular weight is 162 g/mol. The Morgan fingerprint density at radius 3 is 2.50 bits per heavy atom. The largest absolute Gasteiger partial charge is 0.388 e. The molecule has 64 valence electrons. The van der Waals surface area contributed by atoms with E-state index in [1.165, 1.54) is 11.1 Å². The molecule has 0 aliphatic heterocycles. The lowest BCUT2D eigenvalue weighted by Gasteiger charge is -1.93. The fourth-order valence-electron chi connectivity index (χ4n) is 1.20. The maximum absolute atomic E-state index is 4.25. The predicted molar refractivity (Wildman–Crippen MR) is 52.1 cm³/mol. The molecule has 0 aromatic heterocycles. The van der Waals surface area contributed by atoms with E-state index in [2.05, 4.69) is 41.2 Å². The molecule has 0 saturated carbocycles. The van der Waals surface area contributed by atoms with Gasteiger partial charge in [0.05, 0.1) is 0 Å². The predicted octanol–water partition coefficient (Wildman–Crippen LogP) is 2.52. The van der Waals surface area contributed by atoms with Crippen molar-refractivity contribution in [3.8, 4) is 0 Å². The van der Waals surface area contributed by atoms with Gasteiger partial charge in [0.15, 0.2) is 0 Å². The third-order valence-corrected chi connectivity index (χ3v) is 1.69. The Balaban J connectivity index is 0.000000213. The van der Waals surface area contributed by atoms with Crippen LogP contribution in [-0.4, -0.2) is 14.2 Å². The monoisotopic (exact) mass is 162 g/mol. The number of hydrogen-bond acceptors (Lipinski definition) is 1. The van der Waals surface area contributed by atoms with Gasteiger partial charge in [-0.05, 0) is 17.5 Å². The van der Waals surface area contributed by atoms with E-state index in [-0.39, 0.29) is 0 Å². The highest BCUT2D eigenvalue weighted by atomic mass is 16.4. The molecule has 1 aliphatic rings. The van der Waals surface area contributed by atoms with Crippen molar-refractivity contribution in [1.82, 2.24) is 0 Å². The van der Waals surface area contributed by atoms with Gasteiger partial charge >= 0.3 is 0 Å². The van der Waals surface area contributed by atoms with Gasteiger partial charge < -0.3 is 4.74 Å². The van der Waals surface area contributed by atoms with Crippen molar-refractivity contribution >= 4 is 6.08 Å². The van der Waals surface area contributed by atoms with Crippen LogP contribution in [0.25, 0.3) is 6.08 Å². The van der Waals surface area contributed by atoms with E-state index in [1.807, 2.05) is 0 Å². The maximum atomic E-state index is 4.25. The molecular weight excluding hydrogens is 148 g/mol. The molecule has 0 fully saturated rings. The van der Waals surface area contributed by atoms with Gasteiger partial charge in [-0.1, -0.05) is 36.4 Å². The fourth-order valence-corrected chi connectivity index (χ4v) is 1.20. The van der Waals surface area contributed by atoms with Gasteiger partial charge in [0.1, 0.15) is 0 Å². The SMILES string of the molecule is C1=Cc2ccccc2C1.COC. The molecule has 1 aliphatic carbocycles.